The second-order valence-corrected chi connectivity index (χ2v) is 5.91. The van der Waals surface area contributed by atoms with Crippen LogP contribution in [0.2, 0.25) is 0 Å². The highest BCUT2D eigenvalue weighted by Crippen LogP contribution is 2.39. The van der Waals surface area contributed by atoms with Crippen LogP contribution in [0.1, 0.15) is 25.2 Å². The number of nitrogens with one attached hydrogen (secondary N) is 2. The summed E-state index contributed by atoms with van der Waals surface area (Å²) >= 11 is 0. The van der Waals surface area contributed by atoms with Crippen molar-refractivity contribution < 1.29 is 14.2 Å². The number of aromatic nitrogens is 3. The van der Waals surface area contributed by atoms with E-state index in [2.05, 4.69) is 32.7 Å². The molecule has 2 N–H and O–H groups in total. The van der Waals surface area contributed by atoms with Crippen molar-refractivity contribution in [3.8, 4) is 17.2 Å². The Bertz CT molecular complexity index is 781. The van der Waals surface area contributed by atoms with Gasteiger partial charge >= 0.3 is 0 Å². The number of rotatable bonds is 10. The van der Waals surface area contributed by atoms with Gasteiger partial charge in [-0.15, -0.1) is 34.2 Å². The fraction of sp³-hybridized carbons (Fsp3) is 0.526. The van der Waals surface area contributed by atoms with E-state index in [0.717, 1.165) is 36.9 Å². The SMILES string of the molecule is CCNC(=NCc1ccc(OC)c(OC)c1OC)NCCn1cnnc1CC.I. The van der Waals surface area contributed by atoms with Gasteiger partial charge in [-0.1, -0.05) is 6.92 Å². The molecule has 0 amide bonds. The van der Waals surface area contributed by atoms with Gasteiger partial charge in [0.2, 0.25) is 5.75 Å². The summed E-state index contributed by atoms with van der Waals surface area (Å²) < 4.78 is 18.3. The van der Waals surface area contributed by atoms with Crippen LogP contribution in [0.5, 0.6) is 17.2 Å². The molecule has 1 aromatic carbocycles. The molecular formula is C19H31IN6O3. The van der Waals surface area contributed by atoms with Gasteiger partial charge in [0.1, 0.15) is 12.2 Å². The van der Waals surface area contributed by atoms with Gasteiger partial charge in [-0.25, -0.2) is 4.99 Å². The molecule has 162 valence electrons. The first kappa shape index (κ1) is 24.8. The van der Waals surface area contributed by atoms with Gasteiger partial charge in [0.25, 0.3) is 0 Å². The topological polar surface area (TPSA) is 94.8 Å². The molecule has 9 nitrogen and oxygen atoms in total. The maximum atomic E-state index is 5.53. The minimum Gasteiger partial charge on any atom is -0.493 e. The molecule has 1 heterocycles. The van der Waals surface area contributed by atoms with E-state index < -0.39 is 0 Å². The Kier molecular flexibility index (Phi) is 11.2. The van der Waals surface area contributed by atoms with Crippen LogP contribution >= 0.6 is 24.0 Å². The third kappa shape index (κ3) is 6.65. The van der Waals surface area contributed by atoms with E-state index in [-0.39, 0.29) is 24.0 Å². The molecular weight excluding hydrogens is 487 g/mol. The van der Waals surface area contributed by atoms with Crippen molar-refractivity contribution in [3.05, 3.63) is 29.8 Å². The number of hydrogen-bond acceptors (Lipinski definition) is 6. The summed E-state index contributed by atoms with van der Waals surface area (Å²) in [5.74, 6) is 3.51. The molecule has 0 bridgehead atoms. The van der Waals surface area contributed by atoms with Crippen LogP contribution in [0.4, 0.5) is 0 Å². The lowest BCUT2D eigenvalue weighted by Gasteiger charge is -2.16. The van der Waals surface area contributed by atoms with E-state index in [9.17, 15) is 0 Å². The molecule has 0 atom stereocenters. The quantitative estimate of drug-likeness (QED) is 0.283. The Hall–Kier alpha value is -2.24. The van der Waals surface area contributed by atoms with Gasteiger partial charge < -0.3 is 29.4 Å². The first-order valence-corrected chi connectivity index (χ1v) is 9.35. The third-order valence-electron chi connectivity index (χ3n) is 4.19. The van der Waals surface area contributed by atoms with Crippen molar-refractivity contribution in [1.29, 1.82) is 0 Å². The Labute approximate surface area is 189 Å². The zero-order valence-electron chi connectivity index (χ0n) is 17.7. The van der Waals surface area contributed by atoms with E-state index in [1.165, 1.54) is 0 Å². The Balaban J connectivity index is 0.00000420. The van der Waals surface area contributed by atoms with Gasteiger partial charge in [0.15, 0.2) is 17.5 Å². The normalized spacial score (nSPS) is 10.9. The predicted molar refractivity (Wildman–Crippen MR) is 124 cm³/mol. The fourth-order valence-corrected chi connectivity index (χ4v) is 2.83. The minimum atomic E-state index is 0. The Morgan fingerprint density at radius 2 is 1.83 bits per heavy atom. The second kappa shape index (κ2) is 13.1. The lowest BCUT2D eigenvalue weighted by molar-refractivity contribution is 0.322. The lowest BCUT2D eigenvalue weighted by atomic mass is 10.1. The van der Waals surface area contributed by atoms with Crippen LogP contribution in [-0.2, 0) is 19.5 Å². The van der Waals surface area contributed by atoms with Crippen LogP contribution in [0.25, 0.3) is 0 Å². The average Bonchev–Trinajstić information content (AvgIpc) is 3.18. The van der Waals surface area contributed by atoms with Crippen LogP contribution in [0.15, 0.2) is 23.5 Å². The maximum absolute atomic E-state index is 5.53. The van der Waals surface area contributed by atoms with E-state index in [1.54, 1.807) is 27.7 Å². The standard InChI is InChI=1S/C19H30N6O3.HI/c1-6-16-24-23-13-25(16)11-10-21-19(20-7-2)22-12-14-8-9-15(26-3)18(28-5)17(14)27-4;/h8-9,13H,6-7,10-12H2,1-5H3,(H2,20,21,22);1H. The molecule has 0 aliphatic heterocycles. The molecule has 0 saturated carbocycles. The van der Waals surface area contributed by atoms with Crippen molar-refractivity contribution >= 4 is 29.9 Å². The Morgan fingerprint density at radius 3 is 2.45 bits per heavy atom. The number of methoxy groups -OCH3 is 3. The molecule has 29 heavy (non-hydrogen) atoms. The molecule has 1 aromatic heterocycles. The summed E-state index contributed by atoms with van der Waals surface area (Å²) in [6.07, 6.45) is 2.60. The molecule has 0 fully saturated rings. The first-order valence-electron chi connectivity index (χ1n) is 9.35. The summed E-state index contributed by atoms with van der Waals surface area (Å²) in [5.41, 5.74) is 0.907. The number of guanidine groups is 1. The molecule has 2 aromatic rings. The molecule has 0 spiro atoms. The predicted octanol–water partition coefficient (Wildman–Crippen LogP) is 2.24. The average molecular weight is 518 g/mol. The van der Waals surface area contributed by atoms with Gasteiger partial charge in [-0.3, -0.25) is 0 Å². The highest BCUT2D eigenvalue weighted by atomic mass is 127. The van der Waals surface area contributed by atoms with Crippen molar-refractivity contribution in [1.82, 2.24) is 25.4 Å². The number of nitrogens with zero attached hydrogens (tertiary/aromatic N) is 4. The monoisotopic (exact) mass is 518 g/mol. The zero-order chi connectivity index (χ0) is 20.4. The summed E-state index contributed by atoms with van der Waals surface area (Å²) in [4.78, 5) is 4.66. The van der Waals surface area contributed by atoms with E-state index >= 15 is 0 Å². The minimum absolute atomic E-state index is 0. The second-order valence-electron chi connectivity index (χ2n) is 5.91. The highest BCUT2D eigenvalue weighted by Gasteiger charge is 2.15. The molecule has 0 aliphatic carbocycles. The number of hydrogen-bond donors (Lipinski definition) is 2. The van der Waals surface area contributed by atoms with E-state index in [1.807, 2.05) is 23.6 Å². The van der Waals surface area contributed by atoms with Crippen molar-refractivity contribution in [3.63, 3.8) is 0 Å². The lowest BCUT2D eigenvalue weighted by Crippen LogP contribution is -2.38. The van der Waals surface area contributed by atoms with Crippen LogP contribution < -0.4 is 24.8 Å². The molecule has 0 saturated heterocycles. The molecule has 2 rings (SSSR count). The van der Waals surface area contributed by atoms with Crippen LogP contribution in [-0.4, -0.2) is 55.1 Å². The van der Waals surface area contributed by atoms with Crippen molar-refractivity contribution in [2.45, 2.75) is 33.4 Å². The fourth-order valence-electron chi connectivity index (χ4n) is 2.83. The highest BCUT2D eigenvalue weighted by molar-refractivity contribution is 14.0. The summed E-state index contributed by atoms with van der Waals surface area (Å²) in [6, 6.07) is 3.78. The van der Waals surface area contributed by atoms with Crippen LogP contribution in [0.3, 0.4) is 0 Å². The largest absolute Gasteiger partial charge is 0.493 e. The van der Waals surface area contributed by atoms with Gasteiger partial charge in [-0.2, -0.15) is 0 Å². The molecule has 0 unspecified atom stereocenters. The number of aliphatic imine (C=N–C) groups is 1. The van der Waals surface area contributed by atoms with Gasteiger partial charge in [0, 0.05) is 31.6 Å². The van der Waals surface area contributed by atoms with Gasteiger partial charge in [0.05, 0.1) is 27.9 Å². The number of ether oxygens (including phenoxy) is 3. The Morgan fingerprint density at radius 1 is 1.07 bits per heavy atom. The summed E-state index contributed by atoms with van der Waals surface area (Å²) in [5, 5.41) is 14.6. The third-order valence-corrected chi connectivity index (χ3v) is 4.19. The number of aryl methyl sites for hydroxylation is 1. The molecule has 0 aliphatic rings. The molecule has 10 heteroatoms. The maximum Gasteiger partial charge on any atom is 0.203 e. The molecule has 0 radical (unpaired) electrons. The summed E-state index contributed by atoms with van der Waals surface area (Å²) in [7, 11) is 4.80. The van der Waals surface area contributed by atoms with Crippen molar-refractivity contribution in [2.24, 2.45) is 4.99 Å². The van der Waals surface area contributed by atoms with E-state index in [0.29, 0.717) is 30.3 Å². The van der Waals surface area contributed by atoms with Gasteiger partial charge in [-0.05, 0) is 19.1 Å². The van der Waals surface area contributed by atoms with Crippen molar-refractivity contribution in [2.75, 3.05) is 34.4 Å². The smallest absolute Gasteiger partial charge is 0.203 e. The zero-order valence-corrected chi connectivity index (χ0v) is 20.0. The van der Waals surface area contributed by atoms with E-state index in [4.69, 9.17) is 14.2 Å². The summed E-state index contributed by atoms with van der Waals surface area (Å²) in [6.45, 7) is 6.77. The number of halogens is 1. The van der Waals surface area contributed by atoms with Crippen LogP contribution in [0, 0.1) is 0 Å². The first-order chi connectivity index (χ1) is 13.7. The number of benzene rings is 1.